The van der Waals surface area contributed by atoms with Gasteiger partial charge < -0.3 is 15.5 Å². The van der Waals surface area contributed by atoms with Gasteiger partial charge in [0.2, 0.25) is 0 Å². The van der Waals surface area contributed by atoms with Crippen LogP contribution in [0.25, 0.3) is 0 Å². The molecule has 1 aromatic rings. The van der Waals surface area contributed by atoms with Crippen LogP contribution in [0.3, 0.4) is 0 Å². The Hall–Kier alpha value is -1.55. The minimum atomic E-state index is 0.602. The van der Waals surface area contributed by atoms with Crippen molar-refractivity contribution in [1.29, 1.82) is 0 Å². The molecule has 4 nitrogen and oxygen atoms in total. The SMILES string of the molecule is CCNC(=NCc1ccccc1)NCC(C1CC1)N(C)C. The van der Waals surface area contributed by atoms with E-state index in [-0.39, 0.29) is 0 Å². The van der Waals surface area contributed by atoms with Crippen molar-refractivity contribution in [3.05, 3.63) is 35.9 Å². The van der Waals surface area contributed by atoms with E-state index in [1.165, 1.54) is 18.4 Å². The molecule has 1 aromatic carbocycles. The predicted molar refractivity (Wildman–Crippen MR) is 89.5 cm³/mol. The van der Waals surface area contributed by atoms with Crippen molar-refractivity contribution in [3.63, 3.8) is 0 Å². The van der Waals surface area contributed by atoms with Crippen molar-refractivity contribution in [1.82, 2.24) is 15.5 Å². The van der Waals surface area contributed by atoms with Crippen molar-refractivity contribution in [2.75, 3.05) is 27.2 Å². The summed E-state index contributed by atoms with van der Waals surface area (Å²) in [7, 11) is 4.33. The molecule has 0 bridgehead atoms. The van der Waals surface area contributed by atoms with Gasteiger partial charge in [-0.05, 0) is 45.3 Å². The smallest absolute Gasteiger partial charge is 0.191 e. The van der Waals surface area contributed by atoms with Gasteiger partial charge in [0.15, 0.2) is 5.96 Å². The first-order valence-electron chi connectivity index (χ1n) is 7.93. The van der Waals surface area contributed by atoms with Gasteiger partial charge in [-0.2, -0.15) is 0 Å². The Morgan fingerprint density at radius 2 is 1.95 bits per heavy atom. The van der Waals surface area contributed by atoms with E-state index in [0.717, 1.165) is 25.0 Å². The highest BCUT2D eigenvalue weighted by Gasteiger charge is 2.32. The lowest BCUT2D eigenvalue weighted by molar-refractivity contribution is 0.264. The molecule has 1 atom stereocenters. The lowest BCUT2D eigenvalue weighted by Crippen LogP contribution is -2.46. The van der Waals surface area contributed by atoms with Crippen LogP contribution in [0.15, 0.2) is 35.3 Å². The Bertz CT molecular complexity index is 435. The molecule has 4 heteroatoms. The number of aliphatic imine (C=N–C) groups is 1. The zero-order chi connectivity index (χ0) is 15.1. The molecular formula is C17H28N4. The van der Waals surface area contributed by atoms with Gasteiger partial charge >= 0.3 is 0 Å². The highest BCUT2D eigenvalue weighted by Crippen LogP contribution is 2.34. The van der Waals surface area contributed by atoms with E-state index < -0.39 is 0 Å². The number of hydrogen-bond donors (Lipinski definition) is 2. The molecule has 0 heterocycles. The minimum absolute atomic E-state index is 0.602. The molecule has 0 radical (unpaired) electrons. The number of likely N-dealkylation sites (N-methyl/N-ethyl adjacent to an activating group) is 1. The summed E-state index contributed by atoms with van der Waals surface area (Å²) < 4.78 is 0. The largest absolute Gasteiger partial charge is 0.357 e. The standard InChI is InChI=1S/C17H28N4/c1-4-18-17(19-12-14-8-6-5-7-9-14)20-13-16(21(2)3)15-10-11-15/h5-9,15-16H,4,10-13H2,1-3H3,(H2,18,19,20). The Morgan fingerprint density at radius 1 is 1.24 bits per heavy atom. The first-order chi connectivity index (χ1) is 10.2. The van der Waals surface area contributed by atoms with E-state index in [4.69, 9.17) is 0 Å². The maximum Gasteiger partial charge on any atom is 0.191 e. The van der Waals surface area contributed by atoms with Gasteiger partial charge in [-0.3, -0.25) is 0 Å². The highest BCUT2D eigenvalue weighted by atomic mass is 15.2. The molecule has 0 amide bonds. The Balaban J connectivity index is 1.88. The van der Waals surface area contributed by atoms with Gasteiger partial charge in [0.05, 0.1) is 6.54 Å². The fourth-order valence-electron chi connectivity index (χ4n) is 2.55. The lowest BCUT2D eigenvalue weighted by Gasteiger charge is -2.25. The zero-order valence-electron chi connectivity index (χ0n) is 13.5. The number of nitrogens with zero attached hydrogens (tertiary/aromatic N) is 2. The van der Waals surface area contributed by atoms with Crippen LogP contribution in [-0.2, 0) is 6.54 Å². The summed E-state index contributed by atoms with van der Waals surface area (Å²) >= 11 is 0. The van der Waals surface area contributed by atoms with Crippen molar-refractivity contribution in [2.45, 2.75) is 32.4 Å². The Morgan fingerprint density at radius 3 is 2.52 bits per heavy atom. The van der Waals surface area contributed by atoms with Crippen LogP contribution >= 0.6 is 0 Å². The van der Waals surface area contributed by atoms with Crippen LogP contribution in [0, 0.1) is 5.92 Å². The van der Waals surface area contributed by atoms with Crippen molar-refractivity contribution in [2.24, 2.45) is 10.9 Å². The fraction of sp³-hybridized carbons (Fsp3) is 0.588. The number of benzene rings is 1. The highest BCUT2D eigenvalue weighted by molar-refractivity contribution is 5.79. The third-order valence-electron chi connectivity index (χ3n) is 3.91. The number of rotatable bonds is 7. The summed E-state index contributed by atoms with van der Waals surface area (Å²) in [6, 6.07) is 11.0. The van der Waals surface area contributed by atoms with E-state index in [1.807, 2.05) is 6.07 Å². The molecule has 2 rings (SSSR count). The third-order valence-corrected chi connectivity index (χ3v) is 3.91. The molecule has 116 valence electrons. The molecule has 1 unspecified atom stereocenters. The second-order valence-corrected chi connectivity index (χ2v) is 5.93. The molecule has 21 heavy (non-hydrogen) atoms. The van der Waals surface area contributed by atoms with Gasteiger partial charge in [0.1, 0.15) is 0 Å². The zero-order valence-corrected chi connectivity index (χ0v) is 13.5. The Labute approximate surface area is 128 Å². The van der Waals surface area contributed by atoms with E-state index in [0.29, 0.717) is 12.6 Å². The van der Waals surface area contributed by atoms with Gasteiger partial charge in [-0.15, -0.1) is 0 Å². The van der Waals surface area contributed by atoms with Crippen LogP contribution in [0.5, 0.6) is 0 Å². The maximum atomic E-state index is 4.67. The molecule has 1 aliphatic rings. The molecule has 0 aromatic heterocycles. The first-order valence-corrected chi connectivity index (χ1v) is 7.93. The lowest BCUT2D eigenvalue weighted by atomic mass is 10.1. The van der Waals surface area contributed by atoms with Crippen molar-refractivity contribution >= 4 is 5.96 Å². The van der Waals surface area contributed by atoms with E-state index in [9.17, 15) is 0 Å². The molecule has 1 saturated carbocycles. The second-order valence-electron chi connectivity index (χ2n) is 5.93. The number of hydrogen-bond acceptors (Lipinski definition) is 2. The molecule has 0 saturated heterocycles. The van der Waals surface area contributed by atoms with Gasteiger partial charge in [-0.1, -0.05) is 30.3 Å². The molecule has 1 fully saturated rings. The molecule has 0 aliphatic heterocycles. The molecule has 1 aliphatic carbocycles. The van der Waals surface area contributed by atoms with Gasteiger partial charge in [0, 0.05) is 19.1 Å². The van der Waals surface area contributed by atoms with E-state index in [1.54, 1.807) is 0 Å². The number of nitrogens with one attached hydrogen (secondary N) is 2. The van der Waals surface area contributed by atoms with Crippen molar-refractivity contribution < 1.29 is 0 Å². The van der Waals surface area contributed by atoms with Crippen molar-refractivity contribution in [3.8, 4) is 0 Å². The topological polar surface area (TPSA) is 39.7 Å². The summed E-state index contributed by atoms with van der Waals surface area (Å²) in [5.41, 5.74) is 1.24. The fourth-order valence-corrected chi connectivity index (χ4v) is 2.55. The number of guanidine groups is 1. The van der Waals surface area contributed by atoms with Crippen LogP contribution < -0.4 is 10.6 Å². The monoisotopic (exact) mass is 288 g/mol. The summed E-state index contributed by atoms with van der Waals surface area (Å²) in [6.07, 6.45) is 2.73. The first kappa shape index (κ1) is 15.8. The quantitative estimate of drug-likeness (QED) is 0.596. The van der Waals surface area contributed by atoms with Gasteiger partial charge in [-0.25, -0.2) is 4.99 Å². The summed E-state index contributed by atoms with van der Waals surface area (Å²) in [5.74, 6) is 1.76. The second kappa shape index (κ2) is 8.03. The summed E-state index contributed by atoms with van der Waals surface area (Å²) in [4.78, 5) is 7.00. The minimum Gasteiger partial charge on any atom is -0.357 e. The average molecular weight is 288 g/mol. The van der Waals surface area contributed by atoms with Crippen LogP contribution in [-0.4, -0.2) is 44.1 Å². The Kier molecular flexibility index (Phi) is 6.05. The summed E-state index contributed by atoms with van der Waals surface area (Å²) in [6.45, 7) is 4.66. The maximum absolute atomic E-state index is 4.67. The third kappa shape index (κ3) is 5.38. The van der Waals surface area contributed by atoms with Crippen LogP contribution in [0.4, 0.5) is 0 Å². The molecule has 0 spiro atoms. The average Bonchev–Trinajstić information content (AvgIpc) is 3.30. The van der Waals surface area contributed by atoms with Gasteiger partial charge in [0.25, 0.3) is 0 Å². The van der Waals surface area contributed by atoms with E-state index >= 15 is 0 Å². The summed E-state index contributed by atoms with van der Waals surface area (Å²) in [5, 5.41) is 6.82. The molecular weight excluding hydrogens is 260 g/mol. The normalized spacial score (nSPS) is 16.9. The predicted octanol–water partition coefficient (Wildman–Crippen LogP) is 2.08. The molecule has 2 N–H and O–H groups in total. The van der Waals surface area contributed by atoms with E-state index in [2.05, 4.69) is 65.8 Å². The van der Waals surface area contributed by atoms with Crippen LogP contribution in [0.2, 0.25) is 0 Å². The van der Waals surface area contributed by atoms with Crippen LogP contribution in [0.1, 0.15) is 25.3 Å².